The van der Waals surface area contributed by atoms with Crippen LogP contribution in [0.4, 0.5) is 4.79 Å². The Morgan fingerprint density at radius 1 is 0.875 bits per heavy atom. The van der Waals surface area contributed by atoms with Gasteiger partial charge in [0.15, 0.2) is 11.6 Å². The lowest BCUT2D eigenvalue weighted by Gasteiger charge is -2.29. The summed E-state index contributed by atoms with van der Waals surface area (Å²) in [6.45, 7) is 11.4. The van der Waals surface area contributed by atoms with Gasteiger partial charge in [-0.15, -0.1) is 0 Å². The SMILES string of the molecule is CC(NCC[C@H](N)C(=O)N[C@H](C(=O)N[C@@H](CCNC(=O)OC(C)(C)C)C(=O)N[C@@H](CCN)C(=O)O)[C@@H](C)O)=C1C(=O)CC(C)(C)CC1=O. The molecule has 11 N–H and O–H groups in total. The van der Waals surface area contributed by atoms with Crippen LogP contribution in [0.15, 0.2) is 11.3 Å². The number of nitrogens with two attached hydrogens (primary N) is 2. The van der Waals surface area contributed by atoms with Crippen molar-refractivity contribution in [3.05, 3.63) is 11.3 Å². The standard InChI is InChI=1S/C31H53N7O10/c1-16(23-21(40)14-31(6,7)15-22(23)41)34-12-9-18(33)25(42)38-24(17(2)39)27(44)36-19(10-13-35-29(47)48-30(3,4)5)26(43)37-20(8-11-32)28(45)46/h17-20,24,34,39H,8-15,32-33H2,1-7H3,(H,35,47)(H,36,44)(H,37,43)(H,38,42)(H,45,46)/t17-,18+,19+,20+,24+/m1/s1. The van der Waals surface area contributed by atoms with Crippen molar-refractivity contribution in [2.24, 2.45) is 16.9 Å². The van der Waals surface area contributed by atoms with Gasteiger partial charge in [-0.1, -0.05) is 13.8 Å². The van der Waals surface area contributed by atoms with E-state index in [0.717, 1.165) is 0 Å². The number of nitrogens with one attached hydrogen (secondary N) is 5. The fourth-order valence-corrected chi connectivity index (χ4v) is 4.84. The van der Waals surface area contributed by atoms with E-state index in [1.165, 1.54) is 6.92 Å². The molecule has 0 bridgehead atoms. The number of aliphatic carboxylic acids is 1. The van der Waals surface area contributed by atoms with Gasteiger partial charge >= 0.3 is 12.1 Å². The second-order valence-electron chi connectivity index (χ2n) is 13.7. The summed E-state index contributed by atoms with van der Waals surface area (Å²) in [5, 5.41) is 32.2. The summed E-state index contributed by atoms with van der Waals surface area (Å²) < 4.78 is 5.15. The molecule has 0 aromatic rings. The van der Waals surface area contributed by atoms with Crippen LogP contribution in [0.2, 0.25) is 0 Å². The van der Waals surface area contributed by atoms with Crippen LogP contribution in [0.5, 0.6) is 0 Å². The zero-order valence-corrected chi connectivity index (χ0v) is 28.9. The summed E-state index contributed by atoms with van der Waals surface area (Å²) in [7, 11) is 0. The van der Waals surface area contributed by atoms with E-state index < -0.39 is 71.1 Å². The Morgan fingerprint density at radius 2 is 1.42 bits per heavy atom. The molecular weight excluding hydrogens is 630 g/mol. The van der Waals surface area contributed by atoms with Crippen molar-refractivity contribution in [1.82, 2.24) is 26.6 Å². The molecule has 1 saturated carbocycles. The highest BCUT2D eigenvalue weighted by Gasteiger charge is 2.37. The second-order valence-corrected chi connectivity index (χ2v) is 13.7. The molecule has 0 heterocycles. The number of alkyl carbamates (subject to hydrolysis) is 1. The molecule has 48 heavy (non-hydrogen) atoms. The predicted molar refractivity (Wildman–Crippen MR) is 174 cm³/mol. The van der Waals surface area contributed by atoms with Gasteiger partial charge in [-0.2, -0.15) is 0 Å². The van der Waals surface area contributed by atoms with E-state index in [0.29, 0.717) is 5.70 Å². The van der Waals surface area contributed by atoms with Crippen molar-refractivity contribution in [2.75, 3.05) is 19.6 Å². The van der Waals surface area contributed by atoms with Crippen LogP contribution >= 0.6 is 0 Å². The summed E-state index contributed by atoms with van der Waals surface area (Å²) in [5.74, 6) is -4.58. The Hall–Kier alpha value is -4.09. The van der Waals surface area contributed by atoms with Crippen molar-refractivity contribution >= 4 is 41.4 Å². The third-order valence-electron chi connectivity index (χ3n) is 7.26. The number of amides is 4. The first-order valence-corrected chi connectivity index (χ1v) is 15.8. The van der Waals surface area contributed by atoms with E-state index in [1.807, 2.05) is 13.8 Å². The van der Waals surface area contributed by atoms with Crippen LogP contribution in [0.3, 0.4) is 0 Å². The van der Waals surface area contributed by atoms with Crippen molar-refractivity contribution in [2.45, 2.75) is 116 Å². The molecule has 0 radical (unpaired) electrons. The largest absolute Gasteiger partial charge is 0.480 e. The molecule has 272 valence electrons. The van der Waals surface area contributed by atoms with Crippen molar-refractivity contribution in [3.8, 4) is 0 Å². The number of carbonyl (C=O) groups excluding carboxylic acids is 6. The molecule has 0 aromatic heterocycles. The number of hydrogen-bond acceptors (Lipinski definition) is 12. The monoisotopic (exact) mass is 683 g/mol. The first-order valence-electron chi connectivity index (χ1n) is 15.8. The molecule has 0 saturated heterocycles. The highest BCUT2D eigenvalue weighted by Crippen LogP contribution is 2.34. The maximum atomic E-state index is 13.2. The lowest BCUT2D eigenvalue weighted by Crippen LogP contribution is -2.60. The number of hydrogen-bond donors (Lipinski definition) is 9. The number of ketones is 2. The molecule has 0 unspecified atom stereocenters. The molecule has 5 atom stereocenters. The topological polar surface area (TPSA) is 281 Å². The molecule has 17 heteroatoms. The van der Waals surface area contributed by atoms with Crippen LogP contribution in [0, 0.1) is 5.41 Å². The van der Waals surface area contributed by atoms with Crippen molar-refractivity contribution < 1.29 is 48.5 Å². The number of ether oxygens (including phenoxy) is 1. The highest BCUT2D eigenvalue weighted by atomic mass is 16.6. The normalized spacial score (nSPS) is 17.6. The summed E-state index contributed by atoms with van der Waals surface area (Å²) in [6, 6.07) is -5.52. The minimum atomic E-state index is -1.57. The Kier molecular flexibility index (Phi) is 16.1. The van der Waals surface area contributed by atoms with E-state index in [2.05, 4.69) is 26.6 Å². The average Bonchev–Trinajstić information content (AvgIpc) is 2.92. The number of aliphatic hydroxyl groups is 1. The maximum absolute atomic E-state index is 13.2. The average molecular weight is 684 g/mol. The lowest BCUT2D eigenvalue weighted by atomic mass is 9.73. The Morgan fingerprint density at radius 3 is 1.92 bits per heavy atom. The first kappa shape index (κ1) is 41.9. The smallest absolute Gasteiger partial charge is 0.407 e. The van der Waals surface area contributed by atoms with Gasteiger partial charge in [-0.25, -0.2) is 9.59 Å². The third kappa shape index (κ3) is 14.4. The molecular formula is C31H53N7O10. The molecule has 0 aliphatic heterocycles. The van der Waals surface area contributed by atoms with Crippen LogP contribution in [0.1, 0.15) is 80.6 Å². The van der Waals surface area contributed by atoms with Gasteiger partial charge in [0.2, 0.25) is 17.7 Å². The maximum Gasteiger partial charge on any atom is 0.407 e. The lowest BCUT2D eigenvalue weighted by molar-refractivity contribution is -0.142. The molecule has 1 aliphatic carbocycles. The van der Waals surface area contributed by atoms with E-state index >= 15 is 0 Å². The number of rotatable bonds is 17. The number of aliphatic hydroxyl groups excluding tert-OH is 1. The van der Waals surface area contributed by atoms with Crippen molar-refractivity contribution in [3.63, 3.8) is 0 Å². The minimum absolute atomic E-state index is 0.0254. The highest BCUT2D eigenvalue weighted by molar-refractivity contribution is 6.22. The number of carboxylic acid groups (broad SMARTS) is 1. The Labute approximate surface area is 280 Å². The quantitative estimate of drug-likeness (QED) is 0.0638. The molecule has 0 spiro atoms. The minimum Gasteiger partial charge on any atom is -0.480 e. The molecule has 1 rings (SSSR count). The van der Waals surface area contributed by atoms with Gasteiger partial charge in [0.25, 0.3) is 0 Å². The number of Topliss-reactive ketones (excluding diaryl/α,β-unsaturated/α-hetero) is 2. The summed E-state index contributed by atoms with van der Waals surface area (Å²) >= 11 is 0. The predicted octanol–water partition coefficient (Wildman–Crippen LogP) is -1.29. The fraction of sp³-hybridized carbons (Fsp3) is 0.710. The summed E-state index contributed by atoms with van der Waals surface area (Å²) in [4.78, 5) is 87.9. The van der Waals surface area contributed by atoms with Crippen LogP contribution in [0.25, 0.3) is 0 Å². The molecule has 1 fully saturated rings. The zero-order valence-electron chi connectivity index (χ0n) is 28.9. The van der Waals surface area contributed by atoms with Crippen LogP contribution < -0.4 is 38.1 Å². The van der Waals surface area contributed by atoms with E-state index in [-0.39, 0.29) is 68.9 Å². The van der Waals surface area contributed by atoms with Gasteiger partial charge < -0.3 is 53.0 Å². The fourth-order valence-electron chi connectivity index (χ4n) is 4.84. The Balaban J connectivity index is 2.94. The van der Waals surface area contributed by atoms with Gasteiger partial charge in [0.1, 0.15) is 23.7 Å². The van der Waals surface area contributed by atoms with Gasteiger partial charge in [0, 0.05) is 31.6 Å². The number of allylic oxidation sites excluding steroid dienone is 2. The van der Waals surface area contributed by atoms with Crippen LogP contribution in [-0.4, -0.2) is 107 Å². The molecule has 0 aromatic carbocycles. The second kappa shape index (κ2) is 18.5. The van der Waals surface area contributed by atoms with Gasteiger partial charge in [-0.3, -0.25) is 24.0 Å². The molecule has 17 nitrogen and oxygen atoms in total. The zero-order chi connectivity index (χ0) is 37.0. The van der Waals surface area contributed by atoms with Crippen molar-refractivity contribution in [1.29, 1.82) is 0 Å². The van der Waals surface area contributed by atoms with Gasteiger partial charge in [0.05, 0.1) is 17.7 Å². The molecule has 4 amide bonds. The summed E-state index contributed by atoms with van der Waals surface area (Å²) in [5.41, 5.74) is 10.7. The number of carboxylic acids is 1. The van der Waals surface area contributed by atoms with Gasteiger partial charge in [-0.05, 0) is 65.8 Å². The van der Waals surface area contributed by atoms with E-state index in [4.69, 9.17) is 16.2 Å². The molecule has 1 aliphatic rings. The van der Waals surface area contributed by atoms with E-state index in [9.17, 15) is 43.8 Å². The third-order valence-corrected chi connectivity index (χ3v) is 7.26. The van der Waals surface area contributed by atoms with E-state index in [1.54, 1.807) is 27.7 Å². The van der Waals surface area contributed by atoms with Crippen LogP contribution in [-0.2, 0) is 33.5 Å². The first-order chi connectivity index (χ1) is 22.1. The Bertz CT molecular complexity index is 1220. The number of carbonyl (C=O) groups is 7. The summed E-state index contributed by atoms with van der Waals surface area (Å²) in [6.07, 6.45) is -2.07.